The van der Waals surface area contributed by atoms with E-state index >= 15 is 0 Å². The third kappa shape index (κ3) is 3.28. The Bertz CT molecular complexity index is 1020. The molecule has 0 saturated carbocycles. The molecule has 2 aromatic carbocycles. The normalized spacial score (nSPS) is 11.5. The molecule has 0 unspecified atom stereocenters. The molecule has 3 rings (SSSR count). The molecule has 7 heteroatoms. The van der Waals surface area contributed by atoms with E-state index in [2.05, 4.69) is 14.9 Å². The first kappa shape index (κ1) is 17.2. The average molecular weight is 356 g/mol. The van der Waals surface area contributed by atoms with E-state index in [1.807, 2.05) is 52.1 Å². The molecule has 0 amide bonds. The fourth-order valence-corrected chi connectivity index (χ4v) is 4.62. The molecule has 130 valence electrons. The Balaban J connectivity index is 2.08. The number of rotatable bonds is 4. The van der Waals surface area contributed by atoms with E-state index in [9.17, 15) is 8.42 Å². The molecule has 25 heavy (non-hydrogen) atoms. The fraction of sp³-hybridized carbons (Fsp3) is 0.222. The molecule has 0 atom stereocenters. The fourth-order valence-electron chi connectivity index (χ4n) is 3.08. The lowest BCUT2D eigenvalue weighted by Crippen LogP contribution is -2.16. The monoisotopic (exact) mass is 356 g/mol. The van der Waals surface area contributed by atoms with Crippen molar-refractivity contribution in [2.24, 2.45) is 7.05 Å². The molecule has 0 aliphatic carbocycles. The van der Waals surface area contributed by atoms with Gasteiger partial charge in [-0.15, -0.1) is 10.2 Å². The van der Waals surface area contributed by atoms with Gasteiger partial charge in [-0.05, 0) is 44.0 Å². The summed E-state index contributed by atoms with van der Waals surface area (Å²) in [4.78, 5) is 0.311. The van der Waals surface area contributed by atoms with Crippen LogP contribution in [0.15, 0.2) is 47.6 Å². The van der Waals surface area contributed by atoms with Crippen molar-refractivity contribution in [3.05, 3.63) is 59.4 Å². The van der Waals surface area contributed by atoms with Crippen LogP contribution in [-0.2, 0) is 17.1 Å². The van der Waals surface area contributed by atoms with Crippen molar-refractivity contribution in [2.45, 2.75) is 25.7 Å². The van der Waals surface area contributed by atoms with Crippen LogP contribution in [0.2, 0.25) is 0 Å². The summed E-state index contributed by atoms with van der Waals surface area (Å²) in [6.07, 6.45) is 1.58. The highest BCUT2D eigenvalue weighted by atomic mass is 32.2. The number of sulfonamides is 1. The Morgan fingerprint density at radius 1 is 1.04 bits per heavy atom. The molecule has 0 fully saturated rings. The molecular weight excluding hydrogens is 336 g/mol. The van der Waals surface area contributed by atoms with Crippen LogP contribution in [0, 0.1) is 20.8 Å². The number of aryl methyl sites for hydroxylation is 4. The molecule has 0 bridgehead atoms. The first-order valence-corrected chi connectivity index (χ1v) is 9.32. The number of para-hydroxylation sites is 1. The maximum absolute atomic E-state index is 13.0. The second-order valence-electron chi connectivity index (χ2n) is 6.14. The largest absolute Gasteiger partial charge is 0.317 e. The van der Waals surface area contributed by atoms with Crippen LogP contribution in [0.4, 0.5) is 5.69 Å². The molecule has 6 nitrogen and oxygen atoms in total. The van der Waals surface area contributed by atoms with E-state index in [0.717, 1.165) is 16.7 Å². The summed E-state index contributed by atoms with van der Waals surface area (Å²) in [5, 5.41) is 7.94. The quantitative estimate of drug-likeness (QED) is 0.779. The molecule has 0 spiro atoms. The molecule has 3 aromatic rings. The summed E-state index contributed by atoms with van der Waals surface area (Å²) in [5.41, 5.74) is 3.63. The molecule has 1 aromatic heterocycles. The van der Waals surface area contributed by atoms with Crippen molar-refractivity contribution in [3.63, 3.8) is 0 Å². The van der Waals surface area contributed by atoms with Gasteiger partial charge in [-0.3, -0.25) is 4.72 Å². The minimum Gasteiger partial charge on any atom is -0.317 e. The van der Waals surface area contributed by atoms with Crippen LogP contribution >= 0.6 is 0 Å². The van der Waals surface area contributed by atoms with Gasteiger partial charge < -0.3 is 4.57 Å². The van der Waals surface area contributed by atoms with Gasteiger partial charge in [0.2, 0.25) is 0 Å². The van der Waals surface area contributed by atoms with Crippen molar-refractivity contribution in [2.75, 3.05) is 4.72 Å². The summed E-state index contributed by atoms with van der Waals surface area (Å²) in [6, 6.07) is 10.9. The summed E-state index contributed by atoms with van der Waals surface area (Å²) >= 11 is 0. The Morgan fingerprint density at radius 3 is 2.28 bits per heavy atom. The maximum Gasteiger partial charge on any atom is 0.262 e. The van der Waals surface area contributed by atoms with Gasteiger partial charge in [0.05, 0.1) is 10.6 Å². The Labute approximate surface area is 147 Å². The van der Waals surface area contributed by atoms with Crippen LogP contribution in [0.25, 0.3) is 11.4 Å². The number of anilines is 1. The van der Waals surface area contributed by atoms with Gasteiger partial charge in [0, 0.05) is 12.6 Å². The van der Waals surface area contributed by atoms with Gasteiger partial charge in [-0.1, -0.05) is 29.8 Å². The van der Waals surface area contributed by atoms with Gasteiger partial charge in [0.15, 0.2) is 5.82 Å². The molecule has 0 aliphatic rings. The zero-order valence-corrected chi connectivity index (χ0v) is 15.4. The third-order valence-electron chi connectivity index (χ3n) is 4.00. The highest BCUT2D eigenvalue weighted by molar-refractivity contribution is 7.92. The first-order chi connectivity index (χ1) is 11.8. The predicted octanol–water partition coefficient (Wildman–Crippen LogP) is 3.21. The zero-order valence-electron chi connectivity index (χ0n) is 14.6. The Hall–Kier alpha value is -2.67. The topological polar surface area (TPSA) is 76.9 Å². The second-order valence-corrected chi connectivity index (χ2v) is 7.76. The Kier molecular flexibility index (Phi) is 4.34. The standard InChI is InChI=1S/C18H20N4O2S/c1-12-9-13(2)17(14(3)10-12)25(23,24)21-16-8-6-5-7-15(16)18-20-19-11-22(18)4/h5-11,21H,1-4H3. The number of nitrogens with one attached hydrogen (secondary N) is 1. The molecule has 0 radical (unpaired) electrons. The minimum absolute atomic E-state index is 0.311. The number of hydrogen-bond acceptors (Lipinski definition) is 4. The lowest BCUT2D eigenvalue weighted by Gasteiger charge is -2.16. The second kappa shape index (κ2) is 6.33. The highest BCUT2D eigenvalue weighted by Gasteiger charge is 2.22. The summed E-state index contributed by atoms with van der Waals surface area (Å²) in [7, 11) is -1.91. The van der Waals surface area contributed by atoms with Gasteiger partial charge in [0.25, 0.3) is 10.0 Å². The predicted molar refractivity (Wildman–Crippen MR) is 97.9 cm³/mol. The van der Waals surface area contributed by atoms with Gasteiger partial charge in [-0.25, -0.2) is 8.42 Å². The molecule has 0 saturated heterocycles. The van der Waals surface area contributed by atoms with E-state index in [1.54, 1.807) is 23.0 Å². The third-order valence-corrected chi connectivity index (χ3v) is 5.67. The molecule has 1 N–H and O–H groups in total. The summed E-state index contributed by atoms with van der Waals surface area (Å²) in [6.45, 7) is 5.57. The van der Waals surface area contributed by atoms with Crippen molar-refractivity contribution >= 4 is 15.7 Å². The van der Waals surface area contributed by atoms with Gasteiger partial charge in [-0.2, -0.15) is 0 Å². The van der Waals surface area contributed by atoms with Gasteiger partial charge in [0.1, 0.15) is 6.33 Å². The van der Waals surface area contributed by atoms with Crippen LogP contribution in [-0.4, -0.2) is 23.2 Å². The number of benzene rings is 2. The smallest absolute Gasteiger partial charge is 0.262 e. The molecular formula is C18H20N4O2S. The average Bonchev–Trinajstić information content (AvgIpc) is 2.92. The minimum atomic E-state index is -3.73. The molecule has 1 heterocycles. The van der Waals surface area contributed by atoms with Crippen LogP contribution < -0.4 is 4.72 Å². The molecule has 0 aliphatic heterocycles. The van der Waals surface area contributed by atoms with Crippen LogP contribution in [0.1, 0.15) is 16.7 Å². The lowest BCUT2D eigenvalue weighted by molar-refractivity contribution is 0.600. The van der Waals surface area contributed by atoms with E-state index in [1.165, 1.54) is 0 Å². The van der Waals surface area contributed by atoms with Crippen LogP contribution in [0.3, 0.4) is 0 Å². The Morgan fingerprint density at radius 2 is 1.68 bits per heavy atom. The lowest BCUT2D eigenvalue weighted by atomic mass is 10.1. The van der Waals surface area contributed by atoms with Crippen LogP contribution in [0.5, 0.6) is 0 Å². The van der Waals surface area contributed by atoms with E-state index in [4.69, 9.17) is 0 Å². The number of hydrogen-bond donors (Lipinski definition) is 1. The number of aromatic nitrogens is 3. The van der Waals surface area contributed by atoms with E-state index in [0.29, 0.717) is 22.0 Å². The zero-order chi connectivity index (χ0) is 18.2. The first-order valence-electron chi connectivity index (χ1n) is 7.83. The van der Waals surface area contributed by atoms with E-state index in [-0.39, 0.29) is 0 Å². The summed E-state index contributed by atoms with van der Waals surface area (Å²) in [5.74, 6) is 0.593. The van der Waals surface area contributed by atoms with Crippen molar-refractivity contribution in [1.29, 1.82) is 0 Å². The SMILES string of the molecule is Cc1cc(C)c(S(=O)(=O)Nc2ccccc2-c2nncn2C)c(C)c1. The van der Waals surface area contributed by atoms with Crippen molar-refractivity contribution in [1.82, 2.24) is 14.8 Å². The van der Waals surface area contributed by atoms with Crippen molar-refractivity contribution in [3.8, 4) is 11.4 Å². The highest BCUT2D eigenvalue weighted by Crippen LogP contribution is 2.30. The van der Waals surface area contributed by atoms with E-state index < -0.39 is 10.0 Å². The summed E-state index contributed by atoms with van der Waals surface area (Å²) < 4.78 is 30.5. The van der Waals surface area contributed by atoms with Crippen molar-refractivity contribution < 1.29 is 8.42 Å². The van der Waals surface area contributed by atoms with Gasteiger partial charge >= 0.3 is 0 Å². The number of nitrogens with zero attached hydrogens (tertiary/aromatic N) is 3. The maximum atomic E-state index is 13.0.